The first-order valence-corrected chi connectivity index (χ1v) is 8.82. The maximum atomic E-state index is 13.6. The largest absolute Gasteiger partial charge is 0.354 e. The van der Waals surface area contributed by atoms with E-state index in [-0.39, 0.29) is 5.56 Å². The van der Waals surface area contributed by atoms with Crippen molar-refractivity contribution in [1.82, 2.24) is 15.2 Å². The first kappa shape index (κ1) is 19.0. The molecule has 0 aliphatic carbocycles. The first-order chi connectivity index (χ1) is 13.0. The van der Waals surface area contributed by atoms with Crippen molar-refractivity contribution in [2.75, 3.05) is 38.1 Å². The number of nitrogens with one attached hydrogen (secondary N) is 1. The Labute approximate surface area is 157 Å². The van der Waals surface area contributed by atoms with E-state index < -0.39 is 17.5 Å². The lowest BCUT2D eigenvalue weighted by Crippen LogP contribution is -2.45. The Hall–Kier alpha value is -2.80. The van der Waals surface area contributed by atoms with Gasteiger partial charge < -0.3 is 15.1 Å². The number of carbonyl (C=O) groups excluding carboxylic acids is 1. The lowest BCUT2D eigenvalue weighted by Gasteiger charge is -2.34. The summed E-state index contributed by atoms with van der Waals surface area (Å²) >= 11 is 0. The lowest BCUT2D eigenvalue weighted by atomic mass is 10.2. The van der Waals surface area contributed by atoms with Crippen LogP contribution in [0.1, 0.15) is 11.1 Å². The second kappa shape index (κ2) is 8.73. The Morgan fingerprint density at radius 3 is 2.56 bits per heavy atom. The highest BCUT2D eigenvalue weighted by Gasteiger charge is 2.18. The van der Waals surface area contributed by atoms with Crippen LogP contribution in [0.15, 0.2) is 42.6 Å². The zero-order valence-corrected chi connectivity index (χ0v) is 15.2. The number of rotatable bonds is 5. The van der Waals surface area contributed by atoms with Gasteiger partial charge in [0.05, 0.1) is 0 Å². The number of pyridine rings is 1. The van der Waals surface area contributed by atoms with Crippen molar-refractivity contribution in [2.24, 2.45) is 0 Å². The molecule has 1 amide bonds. The van der Waals surface area contributed by atoms with Crippen LogP contribution < -0.4 is 10.2 Å². The third-order valence-electron chi connectivity index (χ3n) is 4.52. The highest BCUT2D eigenvalue weighted by Crippen LogP contribution is 2.18. The van der Waals surface area contributed by atoms with Gasteiger partial charge in [-0.25, -0.2) is 13.8 Å². The van der Waals surface area contributed by atoms with Gasteiger partial charge in [0, 0.05) is 56.1 Å². The van der Waals surface area contributed by atoms with E-state index >= 15 is 0 Å². The molecule has 1 aromatic heterocycles. The van der Waals surface area contributed by atoms with E-state index in [0.717, 1.165) is 61.8 Å². The van der Waals surface area contributed by atoms with Crippen LogP contribution in [0.2, 0.25) is 0 Å². The van der Waals surface area contributed by atoms with Crippen molar-refractivity contribution >= 4 is 17.8 Å². The molecule has 7 heteroatoms. The minimum Gasteiger partial charge on any atom is -0.354 e. The second-order valence-electron chi connectivity index (χ2n) is 6.46. The summed E-state index contributed by atoms with van der Waals surface area (Å²) in [5.41, 5.74) is 0.674. The number of hydrogen-bond donors (Lipinski definition) is 1. The average molecular weight is 372 g/mol. The molecule has 1 aromatic carbocycles. The topological polar surface area (TPSA) is 48.5 Å². The quantitative estimate of drug-likeness (QED) is 0.819. The molecule has 2 heterocycles. The summed E-state index contributed by atoms with van der Waals surface area (Å²) in [6.07, 6.45) is 4.01. The fourth-order valence-electron chi connectivity index (χ4n) is 2.94. The number of halogens is 2. The smallest absolute Gasteiger partial charge is 0.244 e. The van der Waals surface area contributed by atoms with Crippen molar-refractivity contribution in [3.63, 3.8) is 0 Å². The number of aromatic nitrogens is 1. The van der Waals surface area contributed by atoms with E-state index in [2.05, 4.69) is 27.1 Å². The van der Waals surface area contributed by atoms with Crippen LogP contribution in [-0.2, 0) is 11.3 Å². The monoisotopic (exact) mass is 372 g/mol. The van der Waals surface area contributed by atoms with Crippen LogP contribution in [0.5, 0.6) is 0 Å². The molecule has 1 aliphatic rings. The number of hydrogen-bond acceptors (Lipinski definition) is 4. The number of benzene rings is 1. The van der Waals surface area contributed by atoms with Crippen molar-refractivity contribution in [3.05, 3.63) is 65.4 Å². The number of amides is 1. The van der Waals surface area contributed by atoms with Gasteiger partial charge in [-0.1, -0.05) is 12.1 Å². The van der Waals surface area contributed by atoms with Crippen LogP contribution in [-0.4, -0.2) is 49.0 Å². The van der Waals surface area contributed by atoms with Crippen LogP contribution in [0.3, 0.4) is 0 Å². The third kappa shape index (κ3) is 4.89. The van der Waals surface area contributed by atoms with E-state index in [9.17, 15) is 13.6 Å². The number of carbonyl (C=O) groups is 1. The molecule has 2 aromatic rings. The summed E-state index contributed by atoms with van der Waals surface area (Å²) in [5.74, 6) is -0.979. The Bertz CT molecular complexity index is 812. The van der Waals surface area contributed by atoms with Gasteiger partial charge in [0.1, 0.15) is 17.5 Å². The molecule has 0 bridgehead atoms. The Kier molecular flexibility index (Phi) is 6.13. The van der Waals surface area contributed by atoms with E-state index in [4.69, 9.17) is 0 Å². The lowest BCUT2D eigenvalue weighted by molar-refractivity contribution is -0.116. The molecule has 0 atom stereocenters. The minimum atomic E-state index is -0.705. The molecular formula is C20H22F2N4O. The van der Waals surface area contributed by atoms with Gasteiger partial charge in [-0.15, -0.1) is 0 Å². The molecule has 0 saturated carbocycles. The highest BCUT2D eigenvalue weighted by molar-refractivity contribution is 5.91. The molecule has 27 heavy (non-hydrogen) atoms. The minimum absolute atomic E-state index is 0.229. The van der Waals surface area contributed by atoms with Gasteiger partial charge >= 0.3 is 0 Å². The van der Waals surface area contributed by atoms with Crippen LogP contribution in [0.4, 0.5) is 14.6 Å². The number of piperazine rings is 1. The van der Waals surface area contributed by atoms with Gasteiger partial charge in [-0.3, -0.25) is 4.79 Å². The zero-order valence-electron chi connectivity index (χ0n) is 15.2. The summed E-state index contributed by atoms with van der Waals surface area (Å²) < 4.78 is 27.2. The van der Waals surface area contributed by atoms with Gasteiger partial charge in [-0.2, -0.15) is 0 Å². The normalized spacial score (nSPS) is 15.3. The Morgan fingerprint density at radius 1 is 1.15 bits per heavy atom. The predicted molar refractivity (Wildman–Crippen MR) is 101 cm³/mol. The van der Waals surface area contributed by atoms with Crippen LogP contribution >= 0.6 is 0 Å². The maximum Gasteiger partial charge on any atom is 0.244 e. The first-order valence-electron chi connectivity index (χ1n) is 8.82. The summed E-state index contributed by atoms with van der Waals surface area (Å²) in [7, 11) is 2.08. The standard InChI is InChI=1S/C20H22F2N4O/c1-25-10-12-26(13-11-25)20-15(4-3-9-23-20)14-24-19(27)8-7-16-17(21)5-2-6-18(16)22/h2-9H,10-14H2,1H3,(H,24,27)/b8-7+. The van der Waals surface area contributed by atoms with E-state index in [1.54, 1.807) is 6.20 Å². The molecule has 5 nitrogen and oxygen atoms in total. The molecule has 142 valence electrons. The highest BCUT2D eigenvalue weighted by atomic mass is 19.1. The summed E-state index contributed by atoms with van der Waals surface area (Å²) in [6.45, 7) is 3.96. The predicted octanol–water partition coefficient (Wildman–Crippen LogP) is 2.44. The average Bonchev–Trinajstić information content (AvgIpc) is 2.67. The van der Waals surface area contributed by atoms with Crippen LogP contribution in [0, 0.1) is 11.6 Å². The molecular weight excluding hydrogens is 350 g/mol. The Morgan fingerprint density at radius 2 is 1.85 bits per heavy atom. The van der Waals surface area contributed by atoms with Gasteiger partial charge in [0.15, 0.2) is 0 Å². The fourth-order valence-corrected chi connectivity index (χ4v) is 2.94. The van der Waals surface area contributed by atoms with Gasteiger partial charge in [0.25, 0.3) is 0 Å². The molecule has 0 spiro atoms. The number of nitrogens with zero attached hydrogens (tertiary/aromatic N) is 3. The van der Waals surface area contributed by atoms with Crippen molar-refractivity contribution in [1.29, 1.82) is 0 Å². The van der Waals surface area contributed by atoms with Gasteiger partial charge in [0.2, 0.25) is 5.91 Å². The third-order valence-corrected chi connectivity index (χ3v) is 4.52. The van der Waals surface area contributed by atoms with Gasteiger partial charge in [-0.05, 0) is 31.3 Å². The summed E-state index contributed by atoms with van der Waals surface area (Å²) in [4.78, 5) is 21.0. The molecule has 1 N–H and O–H groups in total. The molecule has 0 radical (unpaired) electrons. The maximum absolute atomic E-state index is 13.6. The number of anilines is 1. The molecule has 1 saturated heterocycles. The zero-order chi connectivity index (χ0) is 19.2. The molecule has 1 aliphatic heterocycles. The van der Waals surface area contributed by atoms with Crippen LogP contribution in [0.25, 0.3) is 6.08 Å². The van der Waals surface area contributed by atoms with Crippen molar-refractivity contribution < 1.29 is 13.6 Å². The second-order valence-corrected chi connectivity index (χ2v) is 6.46. The fraction of sp³-hybridized carbons (Fsp3) is 0.300. The van der Waals surface area contributed by atoms with E-state index in [0.29, 0.717) is 6.54 Å². The van der Waals surface area contributed by atoms with E-state index in [1.165, 1.54) is 6.07 Å². The number of likely N-dealkylation sites (N-methyl/N-ethyl adjacent to an activating group) is 1. The SMILES string of the molecule is CN1CCN(c2ncccc2CNC(=O)/C=C/c2c(F)cccc2F)CC1. The van der Waals surface area contributed by atoms with Crippen molar-refractivity contribution in [3.8, 4) is 0 Å². The molecule has 0 unspecified atom stereocenters. The summed E-state index contributed by atoms with van der Waals surface area (Å²) in [6, 6.07) is 7.33. The Balaban J connectivity index is 1.63. The van der Waals surface area contributed by atoms with E-state index in [1.807, 2.05) is 12.1 Å². The molecule has 3 rings (SSSR count). The van der Waals surface area contributed by atoms with Crippen molar-refractivity contribution in [2.45, 2.75) is 6.54 Å². The molecule has 1 fully saturated rings. The summed E-state index contributed by atoms with van der Waals surface area (Å²) in [5, 5.41) is 2.75.